The van der Waals surface area contributed by atoms with Gasteiger partial charge >= 0.3 is 0 Å². The van der Waals surface area contributed by atoms with Crippen LogP contribution in [0.25, 0.3) is 0 Å². The summed E-state index contributed by atoms with van der Waals surface area (Å²) >= 11 is 0. The van der Waals surface area contributed by atoms with Gasteiger partial charge in [0.05, 0.1) is 0 Å². The topological polar surface area (TPSA) is 49.8 Å². The monoisotopic (exact) mass is 250 g/mol. The van der Waals surface area contributed by atoms with E-state index in [0.29, 0.717) is 0 Å². The molecule has 0 atom stereocenters. The summed E-state index contributed by atoms with van der Waals surface area (Å²) < 4.78 is 0. The first-order valence-electron chi connectivity index (χ1n) is 7.08. The van der Waals surface area contributed by atoms with Crippen molar-refractivity contribution in [1.29, 1.82) is 0 Å². The van der Waals surface area contributed by atoms with Crippen LogP contribution in [-0.2, 0) is 6.42 Å². The van der Waals surface area contributed by atoms with Gasteiger partial charge in [-0.3, -0.25) is 0 Å². The summed E-state index contributed by atoms with van der Waals surface area (Å²) in [5, 5.41) is 6.58. The lowest BCUT2D eigenvalue weighted by molar-refractivity contribution is 0.683. The number of unbranched alkanes of at least 4 members (excludes halogenated alkanes) is 3. The van der Waals surface area contributed by atoms with Crippen molar-refractivity contribution >= 4 is 11.6 Å². The number of rotatable bonds is 9. The number of hydrogen-bond acceptors (Lipinski definition) is 4. The maximum atomic E-state index is 4.36. The largest absolute Gasteiger partial charge is 0.373 e. The van der Waals surface area contributed by atoms with Crippen LogP contribution in [0.5, 0.6) is 0 Å². The zero-order valence-electron chi connectivity index (χ0n) is 11.9. The second-order valence-corrected chi connectivity index (χ2v) is 4.54. The Kier molecular flexibility index (Phi) is 7.14. The molecule has 0 fully saturated rings. The van der Waals surface area contributed by atoms with Gasteiger partial charge in [-0.1, -0.05) is 39.5 Å². The highest BCUT2D eigenvalue weighted by Gasteiger charge is 2.08. The Morgan fingerprint density at radius 2 is 1.78 bits per heavy atom. The molecule has 1 aromatic heterocycles. The Hall–Kier alpha value is -1.32. The zero-order valence-corrected chi connectivity index (χ0v) is 11.9. The summed E-state index contributed by atoms with van der Waals surface area (Å²) in [5.41, 5.74) is 1.21. The first-order chi connectivity index (χ1) is 8.83. The standard InChI is InChI=1S/C14H26N4/c1-4-6-7-8-10-16-14-12(9-5-2)13(15-3)17-11-18-14/h11H,4-10H2,1-3H3,(H2,15,16,17,18). The van der Waals surface area contributed by atoms with E-state index in [0.717, 1.165) is 31.0 Å². The summed E-state index contributed by atoms with van der Waals surface area (Å²) in [6, 6.07) is 0. The first kappa shape index (κ1) is 14.7. The summed E-state index contributed by atoms with van der Waals surface area (Å²) in [6.45, 7) is 5.41. The maximum Gasteiger partial charge on any atom is 0.134 e. The smallest absolute Gasteiger partial charge is 0.134 e. The van der Waals surface area contributed by atoms with E-state index in [-0.39, 0.29) is 0 Å². The molecule has 4 nitrogen and oxygen atoms in total. The van der Waals surface area contributed by atoms with Gasteiger partial charge in [-0.15, -0.1) is 0 Å². The van der Waals surface area contributed by atoms with Crippen molar-refractivity contribution < 1.29 is 0 Å². The molecular weight excluding hydrogens is 224 g/mol. The van der Waals surface area contributed by atoms with Gasteiger partial charge in [0, 0.05) is 19.2 Å². The van der Waals surface area contributed by atoms with E-state index in [4.69, 9.17) is 0 Å². The minimum absolute atomic E-state index is 0.947. The average molecular weight is 250 g/mol. The Balaban J connectivity index is 2.57. The lowest BCUT2D eigenvalue weighted by atomic mass is 10.1. The van der Waals surface area contributed by atoms with Gasteiger partial charge in [-0.05, 0) is 12.8 Å². The van der Waals surface area contributed by atoms with Crippen molar-refractivity contribution in [3.63, 3.8) is 0 Å². The van der Waals surface area contributed by atoms with Gasteiger partial charge in [0.15, 0.2) is 0 Å². The van der Waals surface area contributed by atoms with Gasteiger partial charge in [-0.25, -0.2) is 9.97 Å². The van der Waals surface area contributed by atoms with Gasteiger partial charge in [0.1, 0.15) is 18.0 Å². The predicted octanol–water partition coefficient (Wildman–Crippen LogP) is 3.46. The van der Waals surface area contributed by atoms with Crippen LogP contribution >= 0.6 is 0 Å². The van der Waals surface area contributed by atoms with Crippen molar-refractivity contribution in [2.45, 2.75) is 52.4 Å². The highest BCUT2D eigenvalue weighted by molar-refractivity contribution is 5.57. The third-order valence-corrected chi connectivity index (χ3v) is 3.00. The van der Waals surface area contributed by atoms with Gasteiger partial charge < -0.3 is 10.6 Å². The summed E-state index contributed by atoms with van der Waals surface area (Å²) in [6.07, 6.45) is 8.82. The fraction of sp³-hybridized carbons (Fsp3) is 0.714. The van der Waals surface area contributed by atoms with E-state index in [1.165, 1.54) is 31.2 Å². The van der Waals surface area contributed by atoms with E-state index in [9.17, 15) is 0 Å². The molecule has 0 radical (unpaired) electrons. The molecule has 18 heavy (non-hydrogen) atoms. The fourth-order valence-corrected chi connectivity index (χ4v) is 2.03. The molecule has 1 rings (SSSR count). The third-order valence-electron chi connectivity index (χ3n) is 3.00. The molecular formula is C14H26N4. The second kappa shape index (κ2) is 8.72. The first-order valence-corrected chi connectivity index (χ1v) is 7.08. The Morgan fingerprint density at radius 1 is 1.00 bits per heavy atom. The SMILES string of the molecule is CCCCCCNc1ncnc(NC)c1CCC. The number of nitrogens with one attached hydrogen (secondary N) is 2. The van der Waals surface area contributed by atoms with Gasteiger partial charge in [0.25, 0.3) is 0 Å². The Bertz CT molecular complexity index is 339. The quantitative estimate of drug-likeness (QED) is 0.659. The third kappa shape index (κ3) is 4.51. The van der Waals surface area contributed by atoms with E-state index < -0.39 is 0 Å². The van der Waals surface area contributed by atoms with Crippen LogP contribution in [0, 0.1) is 0 Å². The highest BCUT2D eigenvalue weighted by Crippen LogP contribution is 2.21. The molecule has 1 heterocycles. The minimum Gasteiger partial charge on any atom is -0.373 e. The summed E-state index contributed by atoms with van der Waals surface area (Å²) in [4.78, 5) is 8.63. The van der Waals surface area contributed by atoms with E-state index in [1.807, 2.05) is 7.05 Å². The van der Waals surface area contributed by atoms with Crippen LogP contribution < -0.4 is 10.6 Å². The molecule has 0 unspecified atom stereocenters. The van der Waals surface area contributed by atoms with Gasteiger partial charge in [-0.2, -0.15) is 0 Å². The van der Waals surface area contributed by atoms with Crippen molar-refractivity contribution in [3.05, 3.63) is 11.9 Å². The van der Waals surface area contributed by atoms with E-state index in [2.05, 4.69) is 34.4 Å². The Morgan fingerprint density at radius 3 is 2.44 bits per heavy atom. The highest BCUT2D eigenvalue weighted by atomic mass is 15.1. The van der Waals surface area contributed by atoms with Crippen LogP contribution in [0.1, 0.15) is 51.5 Å². The molecule has 0 aliphatic carbocycles. The van der Waals surface area contributed by atoms with Crippen LogP contribution in [0.4, 0.5) is 11.6 Å². The maximum absolute atomic E-state index is 4.36. The zero-order chi connectivity index (χ0) is 13.2. The number of aromatic nitrogens is 2. The molecule has 0 saturated heterocycles. The van der Waals surface area contributed by atoms with Crippen LogP contribution in [0.15, 0.2) is 6.33 Å². The van der Waals surface area contributed by atoms with Gasteiger partial charge in [0.2, 0.25) is 0 Å². The molecule has 102 valence electrons. The molecule has 2 N–H and O–H groups in total. The molecule has 0 amide bonds. The lowest BCUT2D eigenvalue weighted by Crippen LogP contribution is -2.09. The normalized spacial score (nSPS) is 10.4. The van der Waals surface area contributed by atoms with Crippen LogP contribution in [0.3, 0.4) is 0 Å². The van der Waals surface area contributed by atoms with Crippen molar-refractivity contribution in [2.75, 3.05) is 24.2 Å². The van der Waals surface area contributed by atoms with Crippen molar-refractivity contribution in [2.24, 2.45) is 0 Å². The average Bonchev–Trinajstić information content (AvgIpc) is 2.40. The number of hydrogen-bond donors (Lipinski definition) is 2. The number of nitrogens with zero attached hydrogens (tertiary/aromatic N) is 2. The molecule has 0 bridgehead atoms. The number of anilines is 2. The van der Waals surface area contributed by atoms with E-state index in [1.54, 1.807) is 6.33 Å². The minimum atomic E-state index is 0.947. The van der Waals surface area contributed by atoms with Crippen molar-refractivity contribution in [1.82, 2.24) is 9.97 Å². The summed E-state index contributed by atoms with van der Waals surface area (Å²) in [7, 11) is 1.91. The molecule has 0 aromatic carbocycles. The second-order valence-electron chi connectivity index (χ2n) is 4.54. The van der Waals surface area contributed by atoms with Crippen molar-refractivity contribution in [3.8, 4) is 0 Å². The van der Waals surface area contributed by atoms with Crippen LogP contribution in [0.2, 0.25) is 0 Å². The molecule has 1 aromatic rings. The molecule has 0 aliphatic heterocycles. The molecule has 0 spiro atoms. The molecule has 4 heteroatoms. The van der Waals surface area contributed by atoms with E-state index >= 15 is 0 Å². The Labute approximate surface area is 111 Å². The lowest BCUT2D eigenvalue weighted by Gasteiger charge is -2.13. The summed E-state index contributed by atoms with van der Waals surface area (Å²) in [5.74, 6) is 1.94. The molecule has 0 aliphatic rings. The predicted molar refractivity (Wildman–Crippen MR) is 78.2 cm³/mol. The molecule has 0 saturated carbocycles. The fourth-order valence-electron chi connectivity index (χ4n) is 2.03. The van der Waals surface area contributed by atoms with Crippen LogP contribution in [-0.4, -0.2) is 23.6 Å².